The van der Waals surface area contributed by atoms with Crippen LogP contribution in [0.4, 0.5) is 0 Å². The van der Waals surface area contributed by atoms with Gasteiger partial charge < -0.3 is 9.64 Å². The Labute approximate surface area is 166 Å². The highest BCUT2D eigenvalue weighted by Crippen LogP contribution is 2.31. The third-order valence-corrected chi connectivity index (χ3v) is 5.63. The van der Waals surface area contributed by atoms with Crippen molar-refractivity contribution in [1.82, 2.24) is 9.80 Å². The van der Waals surface area contributed by atoms with E-state index in [1.807, 2.05) is 12.1 Å². The third kappa shape index (κ3) is 5.45. The predicted octanol–water partition coefficient (Wildman–Crippen LogP) is 4.89. The summed E-state index contributed by atoms with van der Waals surface area (Å²) in [5.41, 5.74) is 2.57. The van der Waals surface area contributed by atoms with Crippen LogP contribution in [-0.2, 0) is 11.3 Å². The van der Waals surface area contributed by atoms with E-state index in [1.54, 1.807) is 0 Å². The van der Waals surface area contributed by atoms with Crippen molar-refractivity contribution in [1.29, 1.82) is 0 Å². The van der Waals surface area contributed by atoms with Gasteiger partial charge in [0.05, 0.1) is 23.3 Å². The quantitative estimate of drug-likeness (QED) is 0.666. The SMILES string of the molecule is CN(CCC(c1ccc(Cl)c(Cl)c1)N1CCOCC1)Cc1ccccc1. The Kier molecular flexibility index (Phi) is 7.35. The number of nitrogens with zero attached hydrogens (tertiary/aromatic N) is 2. The van der Waals surface area contributed by atoms with Gasteiger partial charge in [0.1, 0.15) is 0 Å². The predicted molar refractivity (Wildman–Crippen MR) is 109 cm³/mol. The Morgan fingerprint density at radius 3 is 2.46 bits per heavy atom. The first-order valence-electron chi connectivity index (χ1n) is 9.12. The lowest BCUT2D eigenvalue weighted by molar-refractivity contribution is 0.0124. The second kappa shape index (κ2) is 9.72. The summed E-state index contributed by atoms with van der Waals surface area (Å²) in [6.45, 7) is 5.45. The van der Waals surface area contributed by atoms with Crippen LogP contribution in [0, 0.1) is 0 Å². The Bertz CT molecular complexity index is 690. The second-order valence-corrected chi connectivity index (χ2v) is 7.66. The molecule has 0 aromatic heterocycles. The molecule has 2 aromatic carbocycles. The highest BCUT2D eigenvalue weighted by molar-refractivity contribution is 6.42. The minimum absolute atomic E-state index is 0.326. The molecule has 1 heterocycles. The lowest BCUT2D eigenvalue weighted by Crippen LogP contribution is -2.40. The average molecular weight is 393 g/mol. The van der Waals surface area contributed by atoms with Crippen LogP contribution >= 0.6 is 23.2 Å². The molecule has 3 nitrogen and oxygen atoms in total. The van der Waals surface area contributed by atoms with E-state index in [0.29, 0.717) is 16.1 Å². The van der Waals surface area contributed by atoms with Crippen molar-refractivity contribution >= 4 is 23.2 Å². The van der Waals surface area contributed by atoms with E-state index in [1.165, 1.54) is 11.1 Å². The fraction of sp³-hybridized carbons (Fsp3) is 0.429. The highest BCUT2D eigenvalue weighted by Gasteiger charge is 2.23. The molecule has 0 radical (unpaired) electrons. The van der Waals surface area contributed by atoms with E-state index < -0.39 is 0 Å². The molecule has 3 rings (SSSR count). The molecule has 1 atom stereocenters. The smallest absolute Gasteiger partial charge is 0.0595 e. The van der Waals surface area contributed by atoms with Crippen molar-refractivity contribution in [2.75, 3.05) is 39.9 Å². The van der Waals surface area contributed by atoms with Crippen LogP contribution in [-0.4, -0.2) is 49.7 Å². The Balaban J connectivity index is 1.67. The van der Waals surface area contributed by atoms with Crippen molar-refractivity contribution < 1.29 is 4.74 Å². The first-order chi connectivity index (χ1) is 12.6. The summed E-state index contributed by atoms with van der Waals surface area (Å²) in [6.07, 6.45) is 1.04. The van der Waals surface area contributed by atoms with Gasteiger partial charge >= 0.3 is 0 Å². The fourth-order valence-corrected chi connectivity index (χ4v) is 3.79. The van der Waals surface area contributed by atoms with Crippen molar-refractivity contribution in [3.63, 3.8) is 0 Å². The molecule has 1 unspecified atom stereocenters. The molecule has 0 N–H and O–H groups in total. The molecule has 0 saturated carbocycles. The van der Waals surface area contributed by atoms with Gasteiger partial charge in [-0.3, -0.25) is 4.90 Å². The van der Waals surface area contributed by atoms with Gasteiger partial charge in [0.25, 0.3) is 0 Å². The van der Waals surface area contributed by atoms with Crippen LogP contribution in [0.5, 0.6) is 0 Å². The molecular formula is C21H26Cl2N2O. The van der Waals surface area contributed by atoms with Crippen LogP contribution < -0.4 is 0 Å². The maximum absolute atomic E-state index is 6.28. The molecule has 0 aliphatic carbocycles. The molecule has 1 aliphatic heterocycles. The molecule has 0 bridgehead atoms. The van der Waals surface area contributed by atoms with E-state index in [-0.39, 0.29) is 0 Å². The van der Waals surface area contributed by atoms with Crippen molar-refractivity contribution in [3.8, 4) is 0 Å². The molecular weight excluding hydrogens is 367 g/mol. The van der Waals surface area contributed by atoms with Crippen LogP contribution in [0.1, 0.15) is 23.6 Å². The summed E-state index contributed by atoms with van der Waals surface area (Å²) >= 11 is 12.4. The number of hydrogen-bond acceptors (Lipinski definition) is 3. The lowest BCUT2D eigenvalue weighted by atomic mass is 10.0. The topological polar surface area (TPSA) is 15.7 Å². The monoisotopic (exact) mass is 392 g/mol. The van der Waals surface area contributed by atoms with Crippen LogP contribution in [0.25, 0.3) is 0 Å². The molecule has 1 aliphatic rings. The number of benzene rings is 2. The van der Waals surface area contributed by atoms with E-state index >= 15 is 0 Å². The average Bonchev–Trinajstić information content (AvgIpc) is 2.66. The normalized spacial score (nSPS) is 16.8. The standard InChI is InChI=1S/C21H26Cl2N2O/c1-24(16-17-5-3-2-4-6-17)10-9-21(25-11-13-26-14-12-25)18-7-8-19(22)20(23)15-18/h2-8,15,21H,9-14,16H2,1H3. The number of morpholine rings is 1. The lowest BCUT2D eigenvalue weighted by Gasteiger charge is -2.36. The molecule has 5 heteroatoms. The number of halogens is 2. The van der Waals surface area contributed by atoms with Gasteiger partial charge in [0.15, 0.2) is 0 Å². The first kappa shape index (κ1) is 19.7. The summed E-state index contributed by atoms with van der Waals surface area (Å²) in [4.78, 5) is 4.87. The van der Waals surface area contributed by atoms with E-state index in [4.69, 9.17) is 27.9 Å². The third-order valence-electron chi connectivity index (χ3n) is 4.89. The van der Waals surface area contributed by atoms with E-state index in [0.717, 1.165) is 45.8 Å². The molecule has 0 spiro atoms. The Morgan fingerprint density at radius 1 is 1.04 bits per heavy atom. The number of hydrogen-bond donors (Lipinski definition) is 0. The maximum Gasteiger partial charge on any atom is 0.0595 e. The summed E-state index contributed by atoms with van der Waals surface area (Å²) in [5.74, 6) is 0. The van der Waals surface area contributed by atoms with Gasteiger partial charge in [-0.2, -0.15) is 0 Å². The van der Waals surface area contributed by atoms with Crippen LogP contribution in [0.2, 0.25) is 10.0 Å². The molecule has 1 fully saturated rings. The molecule has 1 saturated heterocycles. The van der Waals surface area contributed by atoms with Crippen molar-refractivity contribution in [3.05, 3.63) is 69.7 Å². The van der Waals surface area contributed by atoms with Gasteiger partial charge in [-0.25, -0.2) is 0 Å². The fourth-order valence-electron chi connectivity index (χ4n) is 3.49. The Morgan fingerprint density at radius 2 is 1.77 bits per heavy atom. The number of ether oxygens (including phenoxy) is 1. The largest absolute Gasteiger partial charge is 0.379 e. The van der Waals surface area contributed by atoms with E-state index in [9.17, 15) is 0 Å². The molecule has 0 amide bonds. The number of rotatable bonds is 7. The first-order valence-corrected chi connectivity index (χ1v) is 9.88. The van der Waals surface area contributed by atoms with Crippen LogP contribution in [0.3, 0.4) is 0 Å². The molecule has 26 heavy (non-hydrogen) atoms. The summed E-state index contributed by atoms with van der Waals surface area (Å²) < 4.78 is 5.53. The molecule has 140 valence electrons. The van der Waals surface area contributed by atoms with Gasteiger partial charge in [-0.1, -0.05) is 59.6 Å². The Hall–Kier alpha value is -1.10. The van der Waals surface area contributed by atoms with Gasteiger partial charge in [-0.05, 0) is 43.3 Å². The van der Waals surface area contributed by atoms with Gasteiger partial charge in [0.2, 0.25) is 0 Å². The molecule has 2 aromatic rings. The van der Waals surface area contributed by atoms with Crippen molar-refractivity contribution in [2.24, 2.45) is 0 Å². The summed E-state index contributed by atoms with van der Waals surface area (Å²) in [6, 6.07) is 16.9. The zero-order valence-electron chi connectivity index (χ0n) is 15.2. The second-order valence-electron chi connectivity index (χ2n) is 6.85. The zero-order chi connectivity index (χ0) is 18.4. The minimum atomic E-state index is 0.326. The minimum Gasteiger partial charge on any atom is -0.379 e. The van der Waals surface area contributed by atoms with Crippen LogP contribution in [0.15, 0.2) is 48.5 Å². The summed E-state index contributed by atoms with van der Waals surface area (Å²) in [7, 11) is 2.18. The highest BCUT2D eigenvalue weighted by atomic mass is 35.5. The van der Waals surface area contributed by atoms with E-state index in [2.05, 4.69) is 53.2 Å². The zero-order valence-corrected chi connectivity index (χ0v) is 16.7. The summed E-state index contributed by atoms with van der Waals surface area (Å²) in [5, 5.41) is 1.23. The van der Waals surface area contributed by atoms with Gasteiger partial charge in [0, 0.05) is 25.7 Å². The van der Waals surface area contributed by atoms with Gasteiger partial charge in [-0.15, -0.1) is 0 Å². The van der Waals surface area contributed by atoms with Crippen molar-refractivity contribution in [2.45, 2.75) is 19.0 Å². The maximum atomic E-state index is 6.28.